The van der Waals surface area contributed by atoms with Crippen molar-refractivity contribution in [1.82, 2.24) is 24.3 Å². The van der Waals surface area contributed by atoms with Crippen LogP contribution >= 0.6 is 22.9 Å². The summed E-state index contributed by atoms with van der Waals surface area (Å²) in [6.45, 7) is 4.51. The van der Waals surface area contributed by atoms with Crippen molar-refractivity contribution < 1.29 is 22.8 Å². The van der Waals surface area contributed by atoms with Crippen LogP contribution in [-0.2, 0) is 19.6 Å². The number of hydrogen-bond donors (Lipinski definition) is 1. The summed E-state index contributed by atoms with van der Waals surface area (Å²) >= 11 is 7.18. The Morgan fingerprint density at radius 3 is 2.45 bits per heavy atom. The Balaban J connectivity index is 1.02. The molecular weight excluding hydrogens is 622 g/mol. The lowest BCUT2D eigenvalue weighted by Crippen LogP contribution is -2.56. The summed E-state index contributed by atoms with van der Waals surface area (Å²) in [4.78, 5) is 47.2. The maximum absolute atomic E-state index is 13.5. The van der Waals surface area contributed by atoms with E-state index in [1.54, 1.807) is 24.3 Å². The highest BCUT2D eigenvalue weighted by Gasteiger charge is 2.37. The average Bonchev–Trinajstić information content (AvgIpc) is 3.67. The fourth-order valence-corrected chi connectivity index (χ4v) is 9.18. The molecule has 0 saturated carbocycles. The highest BCUT2D eigenvalue weighted by atomic mass is 35.5. The molecule has 3 aliphatic heterocycles. The van der Waals surface area contributed by atoms with Gasteiger partial charge in [0.15, 0.2) is 0 Å². The summed E-state index contributed by atoms with van der Waals surface area (Å²) in [5.41, 5.74) is 0.696. The molecule has 1 N–H and O–H groups in total. The third kappa shape index (κ3) is 6.79. The van der Waals surface area contributed by atoms with Crippen molar-refractivity contribution in [3.63, 3.8) is 0 Å². The van der Waals surface area contributed by atoms with E-state index in [4.69, 9.17) is 11.6 Å². The van der Waals surface area contributed by atoms with Crippen LogP contribution in [-0.4, -0.2) is 110 Å². The van der Waals surface area contributed by atoms with Crippen molar-refractivity contribution in [2.75, 3.05) is 52.4 Å². The quantitative estimate of drug-likeness (QED) is 0.398. The molecule has 2 aromatic carbocycles. The molecule has 0 bridgehead atoms. The van der Waals surface area contributed by atoms with Crippen LogP contribution in [0.25, 0.3) is 10.1 Å². The zero-order valence-corrected chi connectivity index (χ0v) is 26.7. The first-order valence-electron chi connectivity index (χ1n) is 15.0. The predicted octanol–water partition coefficient (Wildman–Crippen LogP) is 3.27. The Morgan fingerprint density at radius 2 is 1.68 bits per heavy atom. The number of amides is 3. The normalized spacial score (nSPS) is 21.8. The second-order valence-corrected chi connectivity index (χ2v) is 15.1. The van der Waals surface area contributed by atoms with Crippen molar-refractivity contribution in [1.29, 1.82) is 0 Å². The fourth-order valence-electron chi connectivity index (χ4n) is 6.38. The number of nitrogens with zero attached hydrogens (tertiary/aromatic N) is 4. The summed E-state index contributed by atoms with van der Waals surface area (Å²) in [7, 11) is -3.93. The summed E-state index contributed by atoms with van der Waals surface area (Å²) < 4.78 is 29.9. The summed E-state index contributed by atoms with van der Waals surface area (Å²) in [6, 6.07) is 15.2. The van der Waals surface area contributed by atoms with E-state index >= 15 is 0 Å². The van der Waals surface area contributed by atoms with Crippen molar-refractivity contribution in [3.8, 4) is 0 Å². The van der Waals surface area contributed by atoms with Crippen LogP contribution in [0.5, 0.6) is 0 Å². The van der Waals surface area contributed by atoms with E-state index in [9.17, 15) is 22.8 Å². The van der Waals surface area contributed by atoms with Gasteiger partial charge in [-0.05, 0) is 67.5 Å². The number of carbonyl (C=O) groups excluding carboxylic acids is 3. The van der Waals surface area contributed by atoms with Gasteiger partial charge >= 0.3 is 0 Å². The number of hydrogen-bond acceptors (Lipinski definition) is 7. The maximum Gasteiger partial charge on any atom is 0.253 e. The molecule has 3 aliphatic rings. The number of piperazine rings is 1. The molecule has 1 aromatic heterocycles. The van der Waals surface area contributed by atoms with Gasteiger partial charge in [-0.25, -0.2) is 8.42 Å². The lowest BCUT2D eigenvalue weighted by Gasteiger charge is -2.38. The number of thiophene rings is 1. The second-order valence-electron chi connectivity index (χ2n) is 11.7. The van der Waals surface area contributed by atoms with Gasteiger partial charge in [-0.3, -0.25) is 19.3 Å². The van der Waals surface area contributed by atoms with Gasteiger partial charge in [0.2, 0.25) is 11.8 Å². The highest BCUT2D eigenvalue weighted by molar-refractivity contribution is 7.91. The van der Waals surface area contributed by atoms with Gasteiger partial charge in [-0.2, -0.15) is 4.72 Å². The Bertz CT molecular complexity index is 1640. The smallest absolute Gasteiger partial charge is 0.253 e. The molecule has 44 heavy (non-hydrogen) atoms. The molecule has 3 amide bonds. The van der Waals surface area contributed by atoms with Gasteiger partial charge in [0.05, 0.1) is 6.54 Å². The monoisotopic (exact) mass is 657 g/mol. The number of benzene rings is 2. The first-order chi connectivity index (χ1) is 21.2. The molecule has 2 atom stereocenters. The molecule has 13 heteroatoms. The first-order valence-corrected chi connectivity index (χ1v) is 17.7. The van der Waals surface area contributed by atoms with Crippen LogP contribution in [0.15, 0.2) is 58.8 Å². The van der Waals surface area contributed by atoms with Crippen molar-refractivity contribution in [2.45, 2.75) is 42.0 Å². The van der Waals surface area contributed by atoms with Gasteiger partial charge < -0.3 is 14.7 Å². The number of fused-ring (bicyclic) bond motifs is 1. The minimum Gasteiger partial charge on any atom is -0.337 e. The first kappa shape index (κ1) is 31.0. The molecule has 6 rings (SSSR count). The lowest BCUT2D eigenvalue weighted by molar-refractivity contribution is -0.143. The van der Waals surface area contributed by atoms with Gasteiger partial charge in [0, 0.05) is 67.1 Å². The van der Waals surface area contributed by atoms with Gasteiger partial charge in [0.1, 0.15) is 10.3 Å². The number of carbonyl (C=O) groups is 3. The number of rotatable bonds is 8. The molecule has 3 saturated heterocycles. The Morgan fingerprint density at radius 1 is 0.932 bits per heavy atom. The molecule has 0 aliphatic carbocycles. The van der Waals surface area contributed by atoms with Crippen LogP contribution < -0.4 is 4.72 Å². The molecule has 10 nitrogen and oxygen atoms in total. The molecule has 234 valence electrons. The molecule has 2 unspecified atom stereocenters. The van der Waals surface area contributed by atoms with Crippen LogP contribution in [0.4, 0.5) is 0 Å². The van der Waals surface area contributed by atoms with E-state index in [2.05, 4.69) is 9.62 Å². The number of nitrogens with one attached hydrogen (secondary N) is 1. The molecule has 0 radical (unpaired) electrons. The molecule has 3 aromatic rings. The van der Waals surface area contributed by atoms with Crippen molar-refractivity contribution >= 4 is 60.8 Å². The third-order valence-electron chi connectivity index (χ3n) is 8.72. The standard InChI is InChI=1S/C31H36ClN5O5S2/c32-24-10-11-27-23(18-24)19-29(43-27)44(41,42)33-26-9-5-12-36(31(26)40)21-28(38)37-13-4-8-25(37)20-34-14-16-35(17-15-34)30(39)22-6-2-1-3-7-22/h1-3,6-7,10-11,18-19,25-26,33H,4-5,8-9,12-17,20-21H2. The Labute approximate surface area is 266 Å². The number of piperidine rings is 1. The largest absolute Gasteiger partial charge is 0.337 e. The topological polar surface area (TPSA) is 110 Å². The van der Waals surface area contributed by atoms with Gasteiger partial charge in [-0.1, -0.05) is 29.8 Å². The van der Waals surface area contributed by atoms with Crippen molar-refractivity contribution in [3.05, 3.63) is 65.2 Å². The number of sulfonamides is 1. The van der Waals surface area contributed by atoms with Crippen molar-refractivity contribution in [2.24, 2.45) is 0 Å². The summed E-state index contributed by atoms with van der Waals surface area (Å²) in [6.07, 6.45) is 2.78. The van der Waals surface area contributed by atoms with Crippen LogP contribution in [0.1, 0.15) is 36.0 Å². The molecule has 0 spiro atoms. The minimum atomic E-state index is -3.93. The molecule has 3 fully saturated rings. The fraction of sp³-hybridized carbons (Fsp3) is 0.452. The van der Waals surface area contributed by atoms with Gasteiger partial charge in [-0.15, -0.1) is 11.3 Å². The van der Waals surface area contributed by atoms with Gasteiger partial charge in [0.25, 0.3) is 15.9 Å². The maximum atomic E-state index is 13.5. The summed E-state index contributed by atoms with van der Waals surface area (Å²) in [5.74, 6) is -0.431. The average molecular weight is 658 g/mol. The molecule has 4 heterocycles. The Hall–Kier alpha value is -3.03. The van der Waals surface area contributed by atoms with Crippen LogP contribution in [0.2, 0.25) is 5.02 Å². The SMILES string of the molecule is O=C(c1ccccc1)N1CCN(CC2CCCN2C(=O)CN2CCCC(NS(=O)(=O)c3cc4cc(Cl)ccc4s3)C2=O)CC1. The van der Waals surface area contributed by atoms with Crippen LogP contribution in [0, 0.1) is 0 Å². The molecular formula is C31H36ClN5O5S2. The zero-order valence-electron chi connectivity index (χ0n) is 24.4. The van der Waals surface area contributed by atoms with E-state index in [0.29, 0.717) is 49.6 Å². The van der Waals surface area contributed by atoms with E-state index in [0.717, 1.165) is 53.9 Å². The minimum absolute atomic E-state index is 0.0449. The number of halogens is 1. The van der Waals surface area contributed by atoms with E-state index in [1.807, 2.05) is 40.1 Å². The predicted molar refractivity (Wildman–Crippen MR) is 170 cm³/mol. The highest BCUT2D eigenvalue weighted by Crippen LogP contribution is 2.31. The van der Waals surface area contributed by atoms with Crippen LogP contribution in [0.3, 0.4) is 0 Å². The summed E-state index contributed by atoms with van der Waals surface area (Å²) in [5, 5.41) is 1.25. The Kier molecular flexibility index (Phi) is 9.25. The number of likely N-dealkylation sites (tertiary alicyclic amines) is 2. The third-order valence-corrected chi connectivity index (χ3v) is 12.0. The van der Waals surface area contributed by atoms with E-state index in [1.165, 1.54) is 4.90 Å². The van der Waals surface area contributed by atoms with E-state index < -0.39 is 16.1 Å². The van der Waals surface area contributed by atoms with E-state index in [-0.39, 0.29) is 34.5 Å². The zero-order chi connectivity index (χ0) is 30.8. The lowest BCUT2D eigenvalue weighted by atomic mass is 10.1. The second kappa shape index (κ2) is 13.1.